The van der Waals surface area contributed by atoms with Crippen LogP contribution in [0.4, 0.5) is 0 Å². The third-order valence-corrected chi connectivity index (χ3v) is 2.45. The number of aryl methyl sites for hydroxylation is 1. The molecule has 0 radical (unpaired) electrons. The molecule has 2 heterocycles. The molecule has 0 bridgehead atoms. The highest BCUT2D eigenvalue weighted by molar-refractivity contribution is 5.30. The van der Waals surface area contributed by atoms with E-state index in [2.05, 4.69) is 22.0 Å². The highest BCUT2D eigenvalue weighted by atomic mass is 15.3. The predicted octanol–water partition coefficient (Wildman–Crippen LogP) is 0.713. The van der Waals surface area contributed by atoms with Crippen molar-refractivity contribution >= 4 is 5.78 Å². The van der Waals surface area contributed by atoms with E-state index < -0.39 is 0 Å². The van der Waals surface area contributed by atoms with Gasteiger partial charge in [-0.15, -0.1) is 0 Å². The largest absolute Gasteiger partial charge is 0.327 e. The quantitative estimate of drug-likeness (QED) is 0.801. The van der Waals surface area contributed by atoms with Gasteiger partial charge in [-0.05, 0) is 19.4 Å². The Hall–Kier alpha value is -1.49. The smallest absolute Gasteiger partial charge is 0.252 e. The van der Waals surface area contributed by atoms with Gasteiger partial charge in [0.15, 0.2) is 0 Å². The van der Waals surface area contributed by atoms with Gasteiger partial charge in [0.05, 0.1) is 0 Å². The van der Waals surface area contributed by atoms with Crippen LogP contribution in [-0.4, -0.2) is 25.6 Å². The first kappa shape index (κ1) is 10.0. The van der Waals surface area contributed by atoms with Gasteiger partial charge in [-0.2, -0.15) is 10.1 Å². The van der Waals surface area contributed by atoms with Crippen molar-refractivity contribution < 1.29 is 0 Å². The van der Waals surface area contributed by atoms with Crippen molar-refractivity contribution in [2.75, 3.05) is 0 Å². The number of nitrogens with two attached hydrogens (primary N) is 1. The van der Waals surface area contributed by atoms with Crippen LogP contribution >= 0.6 is 0 Å². The van der Waals surface area contributed by atoms with E-state index in [-0.39, 0.29) is 6.04 Å². The lowest BCUT2D eigenvalue weighted by Gasteiger charge is -2.09. The lowest BCUT2D eigenvalue weighted by Crippen LogP contribution is -2.23. The SMILES string of the molecule is CCC(N)Cc1cc(C)nc2ncnn12. The predicted molar refractivity (Wildman–Crippen MR) is 57.5 cm³/mol. The van der Waals surface area contributed by atoms with E-state index in [9.17, 15) is 0 Å². The molecule has 0 aliphatic heterocycles. The fourth-order valence-electron chi connectivity index (χ4n) is 1.56. The monoisotopic (exact) mass is 205 g/mol. The van der Waals surface area contributed by atoms with E-state index in [1.54, 1.807) is 4.52 Å². The molecule has 0 spiro atoms. The van der Waals surface area contributed by atoms with Gasteiger partial charge in [-0.25, -0.2) is 9.50 Å². The number of aromatic nitrogens is 4. The number of hydrogen-bond acceptors (Lipinski definition) is 4. The second-order valence-electron chi connectivity index (χ2n) is 3.73. The molecule has 5 nitrogen and oxygen atoms in total. The van der Waals surface area contributed by atoms with Crippen molar-refractivity contribution in [1.29, 1.82) is 0 Å². The van der Waals surface area contributed by atoms with E-state index in [1.807, 2.05) is 13.0 Å². The first-order valence-corrected chi connectivity index (χ1v) is 5.12. The molecule has 1 unspecified atom stereocenters. The van der Waals surface area contributed by atoms with Gasteiger partial charge in [0.1, 0.15) is 6.33 Å². The van der Waals surface area contributed by atoms with Gasteiger partial charge in [-0.3, -0.25) is 0 Å². The van der Waals surface area contributed by atoms with Gasteiger partial charge in [-0.1, -0.05) is 6.92 Å². The summed E-state index contributed by atoms with van der Waals surface area (Å²) in [4.78, 5) is 8.35. The number of nitrogens with zero attached hydrogens (tertiary/aromatic N) is 4. The van der Waals surface area contributed by atoms with Gasteiger partial charge >= 0.3 is 0 Å². The minimum Gasteiger partial charge on any atom is -0.327 e. The summed E-state index contributed by atoms with van der Waals surface area (Å²) < 4.78 is 1.75. The Labute approximate surface area is 88.3 Å². The van der Waals surface area contributed by atoms with E-state index in [0.29, 0.717) is 5.78 Å². The summed E-state index contributed by atoms with van der Waals surface area (Å²) in [6.45, 7) is 4.03. The summed E-state index contributed by atoms with van der Waals surface area (Å²) in [5, 5.41) is 4.13. The van der Waals surface area contributed by atoms with Crippen LogP contribution in [0.3, 0.4) is 0 Å². The molecule has 0 saturated heterocycles. The minimum absolute atomic E-state index is 0.166. The van der Waals surface area contributed by atoms with Crippen molar-refractivity contribution in [3.8, 4) is 0 Å². The summed E-state index contributed by atoms with van der Waals surface area (Å²) in [6.07, 6.45) is 3.28. The molecule has 0 aromatic carbocycles. The van der Waals surface area contributed by atoms with Crippen LogP contribution in [0, 0.1) is 6.92 Å². The number of fused-ring (bicyclic) bond motifs is 1. The highest BCUT2D eigenvalue weighted by Gasteiger charge is 2.08. The number of hydrogen-bond donors (Lipinski definition) is 1. The van der Waals surface area contributed by atoms with Crippen LogP contribution in [0.1, 0.15) is 24.7 Å². The Balaban J connectivity index is 2.44. The molecule has 1 atom stereocenters. The normalized spacial score (nSPS) is 13.3. The second-order valence-corrected chi connectivity index (χ2v) is 3.73. The molecule has 0 aliphatic rings. The topological polar surface area (TPSA) is 69.1 Å². The lowest BCUT2D eigenvalue weighted by atomic mass is 10.1. The molecule has 2 aromatic rings. The van der Waals surface area contributed by atoms with Crippen molar-refractivity contribution in [3.05, 3.63) is 23.8 Å². The van der Waals surface area contributed by atoms with Crippen LogP contribution in [0.5, 0.6) is 0 Å². The van der Waals surface area contributed by atoms with Crippen molar-refractivity contribution in [2.45, 2.75) is 32.7 Å². The fraction of sp³-hybridized carbons (Fsp3) is 0.500. The van der Waals surface area contributed by atoms with Gasteiger partial charge in [0.25, 0.3) is 5.78 Å². The third kappa shape index (κ3) is 1.97. The Morgan fingerprint density at radius 2 is 2.33 bits per heavy atom. The molecule has 15 heavy (non-hydrogen) atoms. The first-order chi connectivity index (χ1) is 7.20. The zero-order valence-electron chi connectivity index (χ0n) is 9.01. The number of rotatable bonds is 3. The molecule has 2 aromatic heterocycles. The van der Waals surface area contributed by atoms with E-state index in [0.717, 1.165) is 24.2 Å². The zero-order valence-corrected chi connectivity index (χ0v) is 9.01. The van der Waals surface area contributed by atoms with E-state index in [4.69, 9.17) is 5.73 Å². The summed E-state index contributed by atoms with van der Waals surface area (Å²) >= 11 is 0. The molecule has 0 fully saturated rings. The second kappa shape index (κ2) is 3.94. The minimum atomic E-state index is 0.166. The van der Waals surface area contributed by atoms with Crippen LogP contribution in [-0.2, 0) is 6.42 Å². The molecule has 0 aliphatic carbocycles. The maximum Gasteiger partial charge on any atom is 0.252 e. The van der Waals surface area contributed by atoms with Crippen LogP contribution in [0.15, 0.2) is 12.4 Å². The Morgan fingerprint density at radius 3 is 3.07 bits per heavy atom. The molecule has 5 heteroatoms. The van der Waals surface area contributed by atoms with Crippen molar-refractivity contribution in [1.82, 2.24) is 19.6 Å². The Kier molecular flexibility index (Phi) is 2.64. The first-order valence-electron chi connectivity index (χ1n) is 5.12. The maximum absolute atomic E-state index is 5.93. The molecular formula is C10H15N5. The van der Waals surface area contributed by atoms with E-state index >= 15 is 0 Å². The van der Waals surface area contributed by atoms with E-state index in [1.165, 1.54) is 6.33 Å². The average Bonchev–Trinajstić information content (AvgIpc) is 2.65. The van der Waals surface area contributed by atoms with Gasteiger partial charge in [0, 0.05) is 23.9 Å². The summed E-state index contributed by atoms with van der Waals surface area (Å²) in [7, 11) is 0. The zero-order chi connectivity index (χ0) is 10.8. The maximum atomic E-state index is 5.93. The molecule has 80 valence electrons. The highest BCUT2D eigenvalue weighted by Crippen LogP contribution is 2.07. The Bertz CT molecular complexity index is 462. The summed E-state index contributed by atoms with van der Waals surface area (Å²) in [5.41, 5.74) is 7.96. The average molecular weight is 205 g/mol. The standard InChI is InChI=1S/C10H15N5/c1-3-8(11)5-9-4-7(2)14-10-12-6-13-15(9)10/h4,6,8H,3,5,11H2,1-2H3. The third-order valence-electron chi connectivity index (χ3n) is 2.45. The van der Waals surface area contributed by atoms with Crippen LogP contribution < -0.4 is 5.73 Å². The molecule has 2 rings (SSSR count). The molecule has 0 saturated carbocycles. The van der Waals surface area contributed by atoms with Crippen LogP contribution in [0.25, 0.3) is 5.78 Å². The molecular weight excluding hydrogens is 190 g/mol. The molecule has 2 N–H and O–H groups in total. The Morgan fingerprint density at radius 1 is 1.53 bits per heavy atom. The summed E-state index contributed by atoms with van der Waals surface area (Å²) in [6, 6.07) is 2.18. The lowest BCUT2D eigenvalue weighted by molar-refractivity contribution is 0.622. The molecule has 0 amide bonds. The fourth-order valence-corrected chi connectivity index (χ4v) is 1.56. The van der Waals surface area contributed by atoms with Gasteiger partial charge in [0.2, 0.25) is 0 Å². The van der Waals surface area contributed by atoms with Crippen molar-refractivity contribution in [3.63, 3.8) is 0 Å². The van der Waals surface area contributed by atoms with Crippen molar-refractivity contribution in [2.24, 2.45) is 5.73 Å². The van der Waals surface area contributed by atoms with Crippen LogP contribution in [0.2, 0.25) is 0 Å². The van der Waals surface area contributed by atoms with Gasteiger partial charge < -0.3 is 5.73 Å². The summed E-state index contributed by atoms with van der Waals surface area (Å²) in [5.74, 6) is 0.647.